The number of rotatable bonds is 6. The van der Waals surface area contributed by atoms with Gasteiger partial charge >= 0.3 is 0 Å². The number of carbonyl (C=O) groups is 1. The molecule has 0 fully saturated rings. The minimum absolute atomic E-state index is 0.219. The molecule has 4 nitrogen and oxygen atoms in total. The Hall–Kier alpha value is -1.84. The Morgan fingerprint density at radius 1 is 1.53 bits per heavy atom. The largest absolute Gasteiger partial charge is 0.380 e. The van der Waals surface area contributed by atoms with E-state index in [0.717, 1.165) is 29.9 Å². The molecule has 0 radical (unpaired) electrons. The Kier molecular flexibility index (Phi) is 5.20. The van der Waals surface area contributed by atoms with Crippen LogP contribution in [-0.2, 0) is 4.79 Å². The summed E-state index contributed by atoms with van der Waals surface area (Å²) in [7, 11) is 0. The molecule has 0 aliphatic heterocycles. The van der Waals surface area contributed by atoms with E-state index < -0.39 is 0 Å². The van der Waals surface area contributed by atoms with Gasteiger partial charge in [0.1, 0.15) is 12.1 Å². The van der Waals surface area contributed by atoms with Gasteiger partial charge in [-0.05, 0) is 32.4 Å². The predicted molar refractivity (Wildman–Crippen MR) is 71.4 cm³/mol. The standard InChI is InChI=1S/C13H19N3O/c1-4-5-6-14-12-7-10(2)13(15-8-12)16-11(3)9-17/h4-5,7-9,11,14H,6H2,1-3H3,(H,15,16). The molecule has 0 saturated heterocycles. The number of anilines is 2. The molecule has 2 N–H and O–H groups in total. The maximum Gasteiger partial charge on any atom is 0.141 e. The number of nitrogens with one attached hydrogen (secondary N) is 2. The molecular weight excluding hydrogens is 214 g/mol. The lowest BCUT2D eigenvalue weighted by Crippen LogP contribution is -2.18. The molecule has 0 aromatic carbocycles. The summed E-state index contributed by atoms with van der Waals surface area (Å²) in [6.07, 6.45) is 6.65. The fraction of sp³-hybridized carbons (Fsp3) is 0.385. The van der Waals surface area contributed by atoms with Gasteiger partial charge in [0.25, 0.3) is 0 Å². The number of allylic oxidation sites excluding steroid dienone is 1. The zero-order valence-electron chi connectivity index (χ0n) is 10.5. The Morgan fingerprint density at radius 2 is 2.29 bits per heavy atom. The van der Waals surface area contributed by atoms with Gasteiger partial charge in [-0.3, -0.25) is 0 Å². The molecule has 1 rings (SSSR count). The highest BCUT2D eigenvalue weighted by molar-refractivity contribution is 5.64. The van der Waals surface area contributed by atoms with Gasteiger partial charge in [-0.15, -0.1) is 0 Å². The molecule has 1 aromatic rings. The highest BCUT2D eigenvalue weighted by atomic mass is 16.1. The molecule has 1 aromatic heterocycles. The van der Waals surface area contributed by atoms with Crippen molar-refractivity contribution >= 4 is 17.8 Å². The number of aryl methyl sites for hydroxylation is 1. The number of hydrogen-bond donors (Lipinski definition) is 2. The van der Waals surface area contributed by atoms with Crippen molar-refractivity contribution in [3.8, 4) is 0 Å². The van der Waals surface area contributed by atoms with Crippen LogP contribution < -0.4 is 10.6 Å². The van der Waals surface area contributed by atoms with Crippen LogP contribution in [0.15, 0.2) is 24.4 Å². The van der Waals surface area contributed by atoms with Crippen LogP contribution in [0.3, 0.4) is 0 Å². The number of nitrogens with zero attached hydrogens (tertiary/aromatic N) is 1. The first-order valence-electron chi connectivity index (χ1n) is 5.71. The van der Waals surface area contributed by atoms with Gasteiger partial charge in [-0.25, -0.2) is 4.98 Å². The zero-order chi connectivity index (χ0) is 12.7. The lowest BCUT2D eigenvalue weighted by Gasteiger charge is -2.12. The van der Waals surface area contributed by atoms with Gasteiger partial charge in [0.2, 0.25) is 0 Å². The highest BCUT2D eigenvalue weighted by Crippen LogP contribution is 2.16. The third-order valence-corrected chi connectivity index (χ3v) is 2.31. The summed E-state index contributed by atoms with van der Waals surface area (Å²) in [5, 5.41) is 6.27. The first kappa shape index (κ1) is 13.2. The van der Waals surface area contributed by atoms with Gasteiger partial charge in [0.05, 0.1) is 17.9 Å². The van der Waals surface area contributed by atoms with Crippen molar-refractivity contribution in [2.24, 2.45) is 0 Å². The Labute approximate surface area is 102 Å². The first-order valence-corrected chi connectivity index (χ1v) is 5.71. The fourth-order valence-electron chi connectivity index (χ4n) is 1.37. The zero-order valence-corrected chi connectivity index (χ0v) is 10.5. The van der Waals surface area contributed by atoms with Crippen LogP contribution in [0.2, 0.25) is 0 Å². The third-order valence-electron chi connectivity index (χ3n) is 2.31. The monoisotopic (exact) mass is 233 g/mol. The van der Waals surface area contributed by atoms with Crippen LogP contribution in [0.25, 0.3) is 0 Å². The van der Waals surface area contributed by atoms with Crippen molar-refractivity contribution in [2.45, 2.75) is 26.8 Å². The van der Waals surface area contributed by atoms with Crippen molar-refractivity contribution in [2.75, 3.05) is 17.2 Å². The Morgan fingerprint density at radius 3 is 2.88 bits per heavy atom. The Bertz CT molecular complexity index is 402. The van der Waals surface area contributed by atoms with Crippen LogP contribution in [0, 0.1) is 6.92 Å². The van der Waals surface area contributed by atoms with E-state index in [2.05, 4.69) is 15.6 Å². The van der Waals surface area contributed by atoms with E-state index in [1.807, 2.05) is 32.1 Å². The van der Waals surface area contributed by atoms with Crippen LogP contribution in [0.5, 0.6) is 0 Å². The number of aldehydes is 1. The maximum absolute atomic E-state index is 10.6. The van der Waals surface area contributed by atoms with Gasteiger partial charge in [-0.1, -0.05) is 12.2 Å². The predicted octanol–water partition coefficient (Wildman–Crippen LogP) is 2.38. The lowest BCUT2D eigenvalue weighted by atomic mass is 10.2. The smallest absolute Gasteiger partial charge is 0.141 e. The minimum Gasteiger partial charge on any atom is -0.380 e. The summed E-state index contributed by atoms with van der Waals surface area (Å²) in [6.45, 7) is 6.54. The minimum atomic E-state index is -0.219. The third kappa shape index (κ3) is 4.26. The van der Waals surface area contributed by atoms with Crippen molar-refractivity contribution in [3.63, 3.8) is 0 Å². The van der Waals surface area contributed by atoms with Crippen molar-refractivity contribution in [1.29, 1.82) is 0 Å². The van der Waals surface area contributed by atoms with E-state index >= 15 is 0 Å². The normalized spacial score (nSPS) is 12.4. The van der Waals surface area contributed by atoms with Crippen LogP contribution in [0.1, 0.15) is 19.4 Å². The van der Waals surface area contributed by atoms with Gasteiger partial charge in [0.15, 0.2) is 0 Å². The van der Waals surface area contributed by atoms with E-state index in [1.165, 1.54) is 0 Å². The molecule has 0 amide bonds. The molecule has 0 aliphatic carbocycles. The summed E-state index contributed by atoms with van der Waals surface area (Å²) >= 11 is 0. The topological polar surface area (TPSA) is 54.0 Å². The summed E-state index contributed by atoms with van der Waals surface area (Å²) in [6, 6.07) is 1.79. The molecule has 17 heavy (non-hydrogen) atoms. The second-order valence-electron chi connectivity index (χ2n) is 3.91. The second kappa shape index (κ2) is 6.68. The van der Waals surface area contributed by atoms with Gasteiger partial charge in [0, 0.05) is 6.54 Å². The highest BCUT2D eigenvalue weighted by Gasteiger charge is 2.04. The SMILES string of the molecule is CC=CCNc1cnc(NC(C)C=O)c(C)c1. The molecule has 92 valence electrons. The van der Waals surface area contributed by atoms with E-state index in [9.17, 15) is 4.79 Å². The average Bonchev–Trinajstić information content (AvgIpc) is 2.32. The molecule has 0 aliphatic rings. The van der Waals surface area contributed by atoms with Gasteiger partial charge in [-0.2, -0.15) is 0 Å². The lowest BCUT2D eigenvalue weighted by molar-refractivity contribution is -0.108. The van der Waals surface area contributed by atoms with Gasteiger partial charge < -0.3 is 15.4 Å². The maximum atomic E-state index is 10.6. The number of hydrogen-bond acceptors (Lipinski definition) is 4. The summed E-state index contributed by atoms with van der Waals surface area (Å²) in [5.74, 6) is 0.751. The fourth-order valence-corrected chi connectivity index (χ4v) is 1.37. The number of aromatic nitrogens is 1. The molecule has 0 bridgehead atoms. The molecule has 4 heteroatoms. The molecule has 0 saturated carbocycles. The Balaban J connectivity index is 2.68. The quantitative estimate of drug-likeness (QED) is 0.585. The molecular formula is C13H19N3O. The van der Waals surface area contributed by atoms with Crippen LogP contribution in [0.4, 0.5) is 11.5 Å². The van der Waals surface area contributed by atoms with E-state index in [1.54, 1.807) is 13.1 Å². The molecule has 1 unspecified atom stereocenters. The molecule has 1 atom stereocenters. The van der Waals surface area contributed by atoms with Crippen molar-refractivity contribution in [3.05, 3.63) is 30.0 Å². The average molecular weight is 233 g/mol. The second-order valence-corrected chi connectivity index (χ2v) is 3.91. The van der Waals surface area contributed by atoms with Crippen LogP contribution >= 0.6 is 0 Å². The summed E-state index contributed by atoms with van der Waals surface area (Å²) < 4.78 is 0. The van der Waals surface area contributed by atoms with E-state index in [0.29, 0.717) is 0 Å². The first-order chi connectivity index (χ1) is 8.17. The number of carbonyl (C=O) groups excluding carboxylic acids is 1. The van der Waals surface area contributed by atoms with Crippen LogP contribution in [-0.4, -0.2) is 23.9 Å². The molecule has 1 heterocycles. The summed E-state index contributed by atoms with van der Waals surface area (Å²) in [4.78, 5) is 14.8. The summed E-state index contributed by atoms with van der Waals surface area (Å²) in [5.41, 5.74) is 1.99. The van der Waals surface area contributed by atoms with Crippen molar-refractivity contribution < 1.29 is 4.79 Å². The van der Waals surface area contributed by atoms with E-state index in [4.69, 9.17) is 0 Å². The molecule has 0 spiro atoms. The van der Waals surface area contributed by atoms with E-state index in [-0.39, 0.29) is 6.04 Å². The van der Waals surface area contributed by atoms with Crippen molar-refractivity contribution in [1.82, 2.24) is 4.98 Å². The number of pyridine rings is 1.